The van der Waals surface area contributed by atoms with Gasteiger partial charge in [0.25, 0.3) is 0 Å². The number of hydrogen-bond donors (Lipinski definition) is 1. The number of hydrogen-bond acceptors (Lipinski definition) is 2. The van der Waals surface area contributed by atoms with Crippen molar-refractivity contribution in [3.8, 4) is 0 Å². The number of rotatable bonds is 4. The van der Waals surface area contributed by atoms with Crippen LogP contribution in [0.5, 0.6) is 0 Å². The molecular weight excluding hydrogens is 244 g/mol. The van der Waals surface area contributed by atoms with E-state index in [0.717, 1.165) is 32.5 Å². The van der Waals surface area contributed by atoms with Gasteiger partial charge in [0.05, 0.1) is 0 Å². The lowest BCUT2D eigenvalue weighted by Gasteiger charge is -2.37. The number of benzene rings is 2. The zero-order valence-electron chi connectivity index (χ0n) is 11.8. The van der Waals surface area contributed by atoms with Crippen LogP contribution in [0.4, 0.5) is 0 Å². The second-order valence-electron chi connectivity index (χ2n) is 5.50. The van der Waals surface area contributed by atoms with E-state index in [1.807, 2.05) is 0 Å². The van der Waals surface area contributed by atoms with E-state index in [2.05, 4.69) is 59.5 Å². The molecule has 3 rings (SSSR count). The summed E-state index contributed by atoms with van der Waals surface area (Å²) in [6, 6.07) is 20.0. The Bertz CT molecular complexity index is 550. The van der Waals surface area contributed by atoms with Gasteiger partial charge in [0.1, 0.15) is 0 Å². The van der Waals surface area contributed by atoms with Crippen molar-refractivity contribution in [2.24, 2.45) is 5.73 Å². The Hall–Kier alpha value is -1.64. The topological polar surface area (TPSA) is 29.3 Å². The largest absolute Gasteiger partial charge is 0.330 e. The van der Waals surface area contributed by atoms with Gasteiger partial charge in [0, 0.05) is 19.1 Å². The molecule has 0 spiro atoms. The molecule has 2 N–H and O–H groups in total. The zero-order valence-corrected chi connectivity index (χ0v) is 11.8. The van der Waals surface area contributed by atoms with Crippen LogP contribution in [0.1, 0.15) is 29.2 Å². The molecule has 20 heavy (non-hydrogen) atoms. The third kappa shape index (κ3) is 2.77. The maximum absolute atomic E-state index is 5.85. The summed E-state index contributed by atoms with van der Waals surface area (Å²) in [6.07, 6.45) is 2.17. The van der Waals surface area contributed by atoms with E-state index in [4.69, 9.17) is 5.73 Å². The summed E-state index contributed by atoms with van der Waals surface area (Å²) in [7, 11) is 0. The molecule has 0 aliphatic carbocycles. The summed E-state index contributed by atoms with van der Waals surface area (Å²) in [5.41, 5.74) is 10.2. The molecule has 1 atom stereocenters. The summed E-state index contributed by atoms with van der Waals surface area (Å²) in [5, 5.41) is 0. The first kappa shape index (κ1) is 13.3. The van der Waals surface area contributed by atoms with Gasteiger partial charge < -0.3 is 5.73 Å². The van der Waals surface area contributed by atoms with Crippen molar-refractivity contribution in [1.82, 2.24) is 4.90 Å². The third-order valence-corrected chi connectivity index (χ3v) is 4.19. The van der Waals surface area contributed by atoms with Crippen molar-refractivity contribution in [3.05, 3.63) is 71.3 Å². The first-order valence-corrected chi connectivity index (χ1v) is 7.44. The van der Waals surface area contributed by atoms with Gasteiger partial charge in [-0.15, -0.1) is 0 Å². The Labute approximate surface area is 121 Å². The maximum Gasteiger partial charge on any atom is 0.0366 e. The van der Waals surface area contributed by atoms with Crippen molar-refractivity contribution in [3.63, 3.8) is 0 Å². The Morgan fingerprint density at radius 2 is 1.75 bits per heavy atom. The second-order valence-corrected chi connectivity index (χ2v) is 5.50. The van der Waals surface area contributed by atoms with Crippen LogP contribution in [0.25, 0.3) is 0 Å². The minimum atomic E-state index is 0.463. The zero-order chi connectivity index (χ0) is 13.8. The SMILES string of the molecule is NCCC1c2ccccc2CCN1Cc1ccccc1. The average molecular weight is 266 g/mol. The van der Waals surface area contributed by atoms with Gasteiger partial charge in [-0.25, -0.2) is 0 Å². The normalized spacial score (nSPS) is 18.8. The van der Waals surface area contributed by atoms with Crippen LogP contribution in [-0.4, -0.2) is 18.0 Å². The predicted octanol–water partition coefficient (Wildman–Crippen LogP) is 3.13. The van der Waals surface area contributed by atoms with Crippen LogP contribution in [0, 0.1) is 0 Å². The molecule has 0 aromatic heterocycles. The molecule has 0 fully saturated rings. The molecule has 1 aliphatic rings. The minimum absolute atomic E-state index is 0.463. The quantitative estimate of drug-likeness (QED) is 0.921. The molecule has 2 heteroatoms. The van der Waals surface area contributed by atoms with Gasteiger partial charge in [0.2, 0.25) is 0 Å². The molecule has 2 nitrogen and oxygen atoms in total. The van der Waals surface area contributed by atoms with E-state index in [0.29, 0.717) is 6.04 Å². The first-order valence-electron chi connectivity index (χ1n) is 7.44. The smallest absolute Gasteiger partial charge is 0.0366 e. The average Bonchev–Trinajstić information content (AvgIpc) is 2.51. The fraction of sp³-hybridized carbons (Fsp3) is 0.333. The highest BCUT2D eigenvalue weighted by Gasteiger charge is 2.26. The van der Waals surface area contributed by atoms with Gasteiger partial charge in [-0.05, 0) is 36.1 Å². The third-order valence-electron chi connectivity index (χ3n) is 4.19. The lowest BCUT2D eigenvalue weighted by Crippen LogP contribution is -2.36. The highest BCUT2D eigenvalue weighted by atomic mass is 15.2. The Kier molecular flexibility index (Phi) is 4.14. The molecule has 1 aliphatic heterocycles. The fourth-order valence-electron chi connectivity index (χ4n) is 3.21. The Morgan fingerprint density at radius 3 is 2.55 bits per heavy atom. The Morgan fingerprint density at radius 1 is 1.00 bits per heavy atom. The van der Waals surface area contributed by atoms with Crippen LogP contribution < -0.4 is 5.73 Å². The van der Waals surface area contributed by atoms with Crippen LogP contribution in [0.15, 0.2) is 54.6 Å². The monoisotopic (exact) mass is 266 g/mol. The van der Waals surface area contributed by atoms with Crippen molar-refractivity contribution in [1.29, 1.82) is 0 Å². The molecule has 0 radical (unpaired) electrons. The predicted molar refractivity (Wildman–Crippen MR) is 83.4 cm³/mol. The van der Waals surface area contributed by atoms with Crippen molar-refractivity contribution in [2.45, 2.75) is 25.4 Å². The molecule has 2 aromatic carbocycles. The molecule has 0 saturated carbocycles. The molecule has 0 amide bonds. The summed E-state index contributed by atoms with van der Waals surface area (Å²) in [4.78, 5) is 2.57. The molecular formula is C18H22N2. The first-order chi connectivity index (χ1) is 9.88. The summed E-state index contributed by atoms with van der Waals surface area (Å²) >= 11 is 0. The van der Waals surface area contributed by atoms with Gasteiger partial charge in [-0.3, -0.25) is 4.90 Å². The lowest BCUT2D eigenvalue weighted by molar-refractivity contribution is 0.169. The maximum atomic E-state index is 5.85. The molecule has 2 aromatic rings. The van der Waals surface area contributed by atoms with Gasteiger partial charge in [-0.2, -0.15) is 0 Å². The van der Waals surface area contributed by atoms with E-state index in [1.165, 1.54) is 16.7 Å². The van der Waals surface area contributed by atoms with Crippen LogP contribution in [0.3, 0.4) is 0 Å². The number of fused-ring (bicyclic) bond motifs is 1. The van der Waals surface area contributed by atoms with E-state index >= 15 is 0 Å². The molecule has 104 valence electrons. The lowest BCUT2D eigenvalue weighted by atomic mass is 9.90. The molecule has 0 bridgehead atoms. The van der Waals surface area contributed by atoms with E-state index in [9.17, 15) is 0 Å². The van der Waals surface area contributed by atoms with E-state index in [1.54, 1.807) is 0 Å². The van der Waals surface area contributed by atoms with Crippen LogP contribution >= 0.6 is 0 Å². The fourth-order valence-corrected chi connectivity index (χ4v) is 3.21. The minimum Gasteiger partial charge on any atom is -0.330 e. The number of nitrogens with two attached hydrogens (primary N) is 1. The van der Waals surface area contributed by atoms with Crippen LogP contribution in [-0.2, 0) is 13.0 Å². The summed E-state index contributed by atoms with van der Waals surface area (Å²) in [6.45, 7) is 2.88. The highest BCUT2D eigenvalue weighted by Crippen LogP contribution is 2.32. The van der Waals surface area contributed by atoms with E-state index < -0.39 is 0 Å². The molecule has 0 saturated heterocycles. The van der Waals surface area contributed by atoms with Crippen molar-refractivity contribution in [2.75, 3.05) is 13.1 Å². The van der Waals surface area contributed by atoms with Gasteiger partial charge in [0.15, 0.2) is 0 Å². The standard InChI is InChI=1S/C18H22N2/c19-12-10-18-17-9-5-4-8-16(17)11-13-20(18)14-15-6-2-1-3-7-15/h1-9,18H,10-14,19H2. The number of nitrogens with zero attached hydrogens (tertiary/aromatic N) is 1. The van der Waals surface area contributed by atoms with Gasteiger partial charge in [-0.1, -0.05) is 54.6 Å². The molecule has 1 unspecified atom stereocenters. The summed E-state index contributed by atoms with van der Waals surface area (Å²) in [5.74, 6) is 0. The van der Waals surface area contributed by atoms with Crippen molar-refractivity contribution < 1.29 is 0 Å². The Balaban J connectivity index is 1.84. The van der Waals surface area contributed by atoms with Gasteiger partial charge >= 0.3 is 0 Å². The highest BCUT2D eigenvalue weighted by molar-refractivity contribution is 5.33. The summed E-state index contributed by atoms with van der Waals surface area (Å²) < 4.78 is 0. The van der Waals surface area contributed by atoms with Crippen LogP contribution in [0.2, 0.25) is 0 Å². The van der Waals surface area contributed by atoms with Crippen molar-refractivity contribution >= 4 is 0 Å². The van der Waals surface area contributed by atoms with E-state index in [-0.39, 0.29) is 0 Å². The molecule has 1 heterocycles. The second kappa shape index (κ2) is 6.21.